The van der Waals surface area contributed by atoms with Gasteiger partial charge < -0.3 is 28.4 Å². The van der Waals surface area contributed by atoms with Crippen LogP contribution in [0.2, 0.25) is 0 Å². The second-order valence-electron chi connectivity index (χ2n) is 7.23. The summed E-state index contributed by atoms with van der Waals surface area (Å²) in [5.41, 5.74) is 0. The quantitative estimate of drug-likeness (QED) is 0.355. The van der Waals surface area contributed by atoms with Crippen LogP contribution in [0.15, 0.2) is 0 Å². The van der Waals surface area contributed by atoms with Gasteiger partial charge in [-0.3, -0.25) is 28.8 Å². The Bertz CT molecular complexity index is 683. The van der Waals surface area contributed by atoms with Gasteiger partial charge in [0.1, 0.15) is 12.2 Å². The van der Waals surface area contributed by atoms with Crippen LogP contribution in [0.3, 0.4) is 0 Å². The summed E-state index contributed by atoms with van der Waals surface area (Å²) in [6.45, 7) is 5.97. The Morgan fingerprint density at radius 3 is 0.906 bits per heavy atom. The number of hydrogen-bond acceptors (Lipinski definition) is 12. The lowest BCUT2D eigenvalue weighted by Crippen LogP contribution is -2.64. The highest BCUT2D eigenvalue weighted by atomic mass is 16.6. The van der Waals surface area contributed by atoms with Crippen molar-refractivity contribution in [2.75, 3.05) is 13.2 Å². The molecule has 180 valence electrons. The molecule has 0 aromatic heterocycles. The van der Waals surface area contributed by atoms with Gasteiger partial charge in [0.05, 0.1) is 13.2 Å². The Kier molecular flexibility index (Phi) is 10.1. The maximum absolute atomic E-state index is 11.8. The summed E-state index contributed by atoms with van der Waals surface area (Å²) in [7, 11) is 0. The molecule has 32 heavy (non-hydrogen) atoms. The van der Waals surface area contributed by atoms with E-state index in [0.29, 0.717) is 0 Å². The van der Waals surface area contributed by atoms with E-state index in [0.717, 1.165) is 41.5 Å². The highest BCUT2D eigenvalue weighted by Crippen LogP contribution is 2.39. The average molecular weight is 460 g/mol. The Balaban J connectivity index is 3.63. The van der Waals surface area contributed by atoms with E-state index in [1.807, 2.05) is 0 Å². The van der Waals surface area contributed by atoms with Gasteiger partial charge in [-0.1, -0.05) is 0 Å². The fraction of sp³-hybridized carbons (Fsp3) is 0.700. The summed E-state index contributed by atoms with van der Waals surface area (Å²) in [5, 5.41) is 0. The molecule has 1 aliphatic carbocycles. The Hall–Kier alpha value is -3.18. The van der Waals surface area contributed by atoms with Crippen molar-refractivity contribution in [3.05, 3.63) is 0 Å². The van der Waals surface area contributed by atoms with E-state index in [4.69, 9.17) is 28.4 Å². The van der Waals surface area contributed by atoms with Crippen molar-refractivity contribution in [2.45, 2.75) is 66.0 Å². The van der Waals surface area contributed by atoms with Crippen LogP contribution < -0.4 is 0 Å². The van der Waals surface area contributed by atoms with Gasteiger partial charge in [-0.2, -0.15) is 0 Å². The minimum absolute atomic E-state index is 0.360. The van der Waals surface area contributed by atoms with Gasteiger partial charge in [-0.05, 0) is 0 Å². The lowest BCUT2D eigenvalue weighted by atomic mass is 9.72. The Morgan fingerprint density at radius 1 is 0.438 bits per heavy atom. The molecule has 1 rings (SSSR count). The Morgan fingerprint density at radius 2 is 0.688 bits per heavy atom. The van der Waals surface area contributed by atoms with Crippen LogP contribution in [0.1, 0.15) is 41.5 Å². The molecule has 0 aromatic carbocycles. The molecule has 0 aliphatic heterocycles. The molecular formula is C20H28O12. The lowest BCUT2D eigenvalue weighted by molar-refractivity contribution is -0.238. The predicted octanol–water partition coefficient (Wildman–Crippen LogP) is 0.0854. The van der Waals surface area contributed by atoms with Gasteiger partial charge in [-0.25, -0.2) is 0 Å². The topological polar surface area (TPSA) is 158 Å². The van der Waals surface area contributed by atoms with Gasteiger partial charge in [0.2, 0.25) is 0 Å². The summed E-state index contributed by atoms with van der Waals surface area (Å²) in [6, 6.07) is 0. The van der Waals surface area contributed by atoms with Crippen molar-refractivity contribution < 1.29 is 57.2 Å². The van der Waals surface area contributed by atoms with Crippen molar-refractivity contribution in [3.63, 3.8) is 0 Å². The van der Waals surface area contributed by atoms with Crippen molar-refractivity contribution in [2.24, 2.45) is 11.8 Å². The van der Waals surface area contributed by atoms with Gasteiger partial charge in [0.25, 0.3) is 0 Å². The van der Waals surface area contributed by atoms with Crippen LogP contribution in [-0.2, 0) is 57.2 Å². The zero-order valence-corrected chi connectivity index (χ0v) is 18.8. The molecule has 6 atom stereocenters. The van der Waals surface area contributed by atoms with E-state index in [1.165, 1.54) is 0 Å². The molecule has 1 aliphatic rings. The normalized spacial score (nSPS) is 26.8. The van der Waals surface area contributed by atoms with Gasteiger partial charge in [0, 0.05) is 53.4 Å². The molecule has 0 radical (unpaired) electrons. The predicted molar refractivity (Wildman–Crippen MR) is 102 cm³/mol. The number of carbonyl (C=O) groups excluding carboxylic acids is 6. The lowest BCUT2D eigenvalue weighted by Gasteiger charge is -2.48. The Labute approximate surface area is 184 Å². The third kappa shape index (κ3) is 8.16. The number of ether oxygens (including phenoxy) is 6. The molecule has 0 spiro atoms. The van der Waals surface area contributed by atoms with Crippen LogP contribution in [0, 0.1) is 11.8 Å². The molecule has 0 amide bonds. The van der Waals surface area contributed by atoms with Crippen LogP contribution in [0.5, 0.6) is 0 Å². The summed E-state index contributed by atoms with van der Waals surface area (Å²) < 4.78 is 31.5. The minimum Gasteiger partial charge on any atom is -0.465 e. The van der Waals surface area contributed by atoms with Crippen LogP contribution in [0.25, 0.3) is 0 Å². The van der Waals surface area contributed by atoms with Crippen LogP contribution >= 0.6 is 0 Å². The number of esters is 6. The van der Waals surface area contributed by atoms with Crippen LogP contribution in [0.4, 0.5) is 0 Å². The number of carbonyl (C=O) groups is 6. The smallest absolute Gasteiger partial charge is 0.303 e. The van der Waals surface area contributed by atoms with E-state index in [2.05, 4.69) is 0 Å². The monoisotopic (exact) mass is 460 g/mol. The van der Waals surface area contributed by atoms with E-state index >= 15 is 0 Å². The van der Waals surface area contributed by atoms with Gasteiger partial charge in [-0.15, -0.1) is 0 Å². The molecule has 0 unspecified atom stereocenters. The molecule has 0 heterocycles. The largest absolute Gasteiger partial charge is 0.465 e. The number of hydrogen-bond donors (Lipinski definition) is 0. The third-order valence-corrected chi connectivity index (χ3v) is 4.53. The highest BCUT2D eigenvalue weighted by molar-refractivity contribution is 5.69. The summed E-state index contributed by atoms with van der Waals surface area (Å²) in [6.07, 6.45) is -5.38. The zero-order chi connectivity index (χ0) is 24.6. The maximum atomic E-state index is 11.8. The fourth-order valence-electron chi connectivity index (χ4n) is 3.56. The van der Waals surface area contributed by atoms with Gasteiger partial charge >= 0.3 is 35.8 Å². The first kappa shape index (κ1) is 26.9. The second-order valence-corrected chi connectivity index (χ2v) is 7.23. The molecule has 12 nitrogen and oxygen atoms in total. The second kappa shape index (κ2) is 12.0. The van der Waals surface area contributed by atoms with E-state index in [9.17, 15) is 28.8 Å². The molecular weight excluding hydrogens is 432 g/mol. The summed E-state index contributed by atoms with van der Waals surface area (Å²) in [5.74, 6) is -6.35. The van der Waals surface area contributed by atoms with E-state index in [-0.39, 0.29) is 13.2 Å². The van der Waals surface area contributed by atoms with Gasteiger partial charge in [0.15, 0.2) is 12.2 Å². The van der Waals surface area contributed by atoms with E-state index in [1.54, 1.807) is 0 Å². The summed E-state index contributed by atoms with van der Waals surface area (Å²) in [4.78, 5) is 70.2. The van der Waals surface area contributed by atoms with Crippen molar-refractivity contribution in [3.8, 4) is 0 Å². The molecule has 0 bridgehead atoms. The standard InChI is InChI=1S/C20H28O12/c1-9(21)27-7-15-16(8-28-10(2)22)18(30-12(4)24)20(32-14(6)26)19(31-13(5)25)17(15)29-11(3)23/h15-20H,7-8H2,1-6H3/t15-,16+,17-,18+,19+,20-. The van der Waals surface area contributed by atoms with Crippen LogP contribution in [-0.4, -0.2) is 73.4 Å². The molecule has 0 aromatic rings. The highest BCUT2D eigenvalue weighted by Gasteiger charge is 2.57. The van der Waals surface area contributed by atoms with E-state index < -0.39 is 72.1 Å². The number of rotatable bonds is 8. The zero-order valence-electron chi connectivity index (χ0n) is 18.8. The van der Waals surface area contributed by atoms with Crippen molar-refractivity contribution >= 4 is 35.8 Å². The fourth-order valence-corrected chi connectivity index (χ4v) is 3.56. The molecule has 0 saturated heterocycles. The first-order valence-corrected chi connectivity index (χ1v) is 9.79. The molecule has 12 heteroatoms. The van der Waals surface area contributed by atoms with Crippen molar-refractivity contribution in [1.82, 2.24) is 0 Å². The first-order valence-electron chi connectivity index (χ1n) is 9.79. The third-order valence-electron chi connectivity index (χ3n) is 4.53. The minimum atomic E-state index is -1.40. The molecule has 1 fully saturated rings. The first-order chi connectivity index (χ1) is 14.8. The SMILES string of the molecule is CC(=O)OC[C@@H]1[C@H](COC(C)=O)[C@H](OC(C)=O)[C@@H](OC(C)=O)[C@@H](OC(C)=O)[C@@H]1OC(C)=O. The molecule has 1 saturated carbocycles. The molecule has 0 N–H and O–H groups in total. The van der Waals surface area contributed by atoms with Crippen molar-refractivity contribution in [1.29, 1.82) is 0 Å². The maximum Gasteiger partial charge on any atom is 0.303 e. The average Bonchev–Trinajstić information content (AvgIpc) is 2.62. The summed E-state index contributed by atoms with van der Waals surface area (Å²) >= 11 is 0.